The van der Waals surface area contributed by atoms with Crippen LogP contribution in [0.2, 0.25) is 5.02 Å². The predicted molar refractivity (Wildman–Crippen MR) is 124 cm³/mol. The molecule has 0 bridgehead atoms. The van der Waals surface area contributed by atoms with Crippen molar-refractivity contribution in [3.63, 3.8) is 0 Å². The molecule has 2 aromatic rings. The largest absolute Gasteiger partial charge is 0.324 e. The number of aryl methyl sites for hydroxylation is 1. The van der Waals surface area contributed by atoms with Crippen molar-refractivity contribution in [2.75, 3.05) is 29.9 Å². The van der Waals surface area contributed by atoms with E-state index in [-0.39, 0.29) is 23.3 Å². The van der Waals surface area contributed by atoms with Crippen molar-refractivity contribution in [2.45, 2.75) is 37.5 Å². The average molecular weight is 476 g/mol. The van der Waals surface area contributed by atoms with E-state index < -0.39 is 15.9 Å². The average Bonchev–Trinajstić information content (AvgIpc) is 2.79. The lowest BCUT2D eigenvalue weighted by Gasteiger charge is -2.32. The maximum Gasteiger partial charge on any atom is 0.243 e. The van der Waals surface area contributed by atoms with Crippen LogP contribution in [0.4, 0.5) is 11.4 Å². The lowest BCUT2D eigenvalue weighted by molar-refractivity contribution is -0.121. The molecule has 4 rings (SSSR count). The van der Waals surface area contributed by atoms with Crippen LogP contribution in [-0.2, 0) is 26.0 Å². The summed E-state index contributed by atoms with van der Waals surface area (Å²) in [6, 6.07) is 11.9. The van der Waals surface area contributed by atoms with E-state index in [0.717, 1.165) is 24.1 Å². The first-order chi connectivity index (χ1) is 15.3. The maximum atomic E-state index is 13.4. The van der Waals surface area contributed by atoms with Crippen LogP contribution < -0.4 is 10.2 Å². The maximum absolute atomic E-state index is 13.4. The Labute approximate surface area is 193 Å². The van der Waals surface area contributed by atoms with Crippen molar-refractivity contribution in [1.82, 2.24) is 4.31 Å². The highest BCUT2D eigenvalue weighted by Crippen LogP contribution is 2.32. The zero-order valence-electron chi connectivity index (χ0n) is 17.9. The summed E-state index contributed by atoms with van der Waals surface area (Å²) in [5.74, 6) is -0.744. The molecule has 2 aliphatic rings. The highest BCUT2D eigenvalue weighted by atomic mass is 35.5. The van der Waals surface area contributed by atoms with Crippen LogP contribution in [0.3, 0.4) is 0 Å². The molecule has 1 fully saturated rings. The van der Waals surface area contributed by atoms with E-state index in [2.05, 4.69) is 5.32 Å². The second kappa shape index (κ2) is 9.21. The van der Waals surface area contributed by atoms with E-state index >= 15 is 0 Å². The van der Waals surface area contributed by atoms with Crippen molar-refractivity contribution in [2.24, 2.45) is 5.92 Å². The fourth-order valence-electron chi connectivity index (χ4n) is 4.38. The molecular formula is C23H26ClN3O4S. The number of anilines is 2. The van der Waals surface area contributed by atoms with Crippen LogP contribution in [0.15, 0.2) is 47.4 Å². The van der Waals surface area contributed by atoms with E-state index in [0.29, 0.717) is 36.6 Å². The molecule has 1 N–H and O–H groups in total. The number of rotatable bonds is 4. The molecule has 2 amide bonds. The van der Waals surface area contributed by atoms with Gasteiger partial charge in [0.1, 0.15) is 0 Å². The van der Waals surface area contributed by atoms with Gasteiger partial charge >= 0.3 is 0 Å². The molecule has 1 atom stereocenters. The van der Waals surface area contributed by atoms with Gasteiger partial charge in [0.05, 0.1) is 21.5 Å². The number of benzene rings is 2. The third-order valence-corrected chi connectivity index (χ3v) is 8.26. The van der Waals surface area contributed by atoms with Gasteiger partial charge in [-0.1, -0.05) is 23.7 Å². The van der Waals surface area contributed by atoms with E-state index in [1.165, 1.54) is 11.2 Å². The Morgan fingerprint density at radius 2 is 1.88 bits per heavy atom. The standard InChI is InChI=1S/C23H26ClN3O4S/c1-16(28)27-13-5-6-17-14-19(10-11-22(17)27)32(30,31)26-12-4-7-18(15-26)23(29)25-21-9-3-2-8-20(21)24/h2-3,8-11,14,18H,4-7,12-13,15H2,1H3,(H,25,29). The number of hydrogen-bond donors (Lipinski definition) is 1. The summed E-state index contributed by atoms with van der Waals surface area (Å²) >= 11 is 6.13. The van der Waals surface area contributed by atoms with E-state index in [9.17, 15) is 18.0 Å². The number of nitrogens with one attached hydrogen (secondary N) is 1. The number of amides is 2. The first kappa shape index (κ1) is 22.8. The Balaban J connectivity index is 1.52. The predicted octanol–water partition coefficient (Wildman–Crippen LogP) is 3.68. The molecule has 0 aromatic heterocycles. The zero-order valence-corrected chi connectivity index (χ0v) is 19.5. The molecular weight excluding hydrogens is 450 g/mol. The molecule has 9 heteroatoms. The van der Waals surface area contributed by atoms with Crippen LogP contribution in [0.1, 0.15) is 31.7 Å². The monoisotopic (exact) mass is 475 g/mol. The summed E-state index contributed by atoms with van der Waals surface area (Å²) in [5.41, 5.74) is 2.15. The van der Waals surface area contributed by atoms with Crippen molar-refractivity contribution in [1.29, 1.82) is 0 Å². The number of nitrogens with zero attached hydrogens (tertiary/aromatic N) is 2. The van der Waals surface area contributed by atoms with E-state index in [4.69, 9.17) is 11.6 Å². The van der Waals surface area contributed by atoms with E-state index in [1.54, 1.807) is 47.4 Å². The van der Waals surface area contributed by atoms with E-state index in [1.807, 2.05) is 0 Å². The summed E-state index contributed by atoms with van der Waals surface area (Å²) in [5, 5.41) is 3.26. The number of sulfonamides is 1. The van der Waals surface area contributed by atoms with Crippen molar-refractivity contribution in [3.8, 4) is 0 Å². The van der Waals surface area contributed by atoms with Crippen molar-refractivity contribution >= 4 is 44.8 Å². The van der Waals surface area contributed by atoms with Crippen molar-refractivity contribution in [3.05, 3.63) is 53.1 Å². The van der Waals surface area contributed by atoms with Crippen LogP contribution in [0.25, 0.3) is 0 Å². The Kier molecular flexibility index (Phi) is 6.55. The summed E-state index contributed by atoms with van der Waals surface area (Å²) < 4.78 is 28.1. The van der Waals surface area contributed by atoms with Crippen LogP contribution in [0, 0.1) is 5.92 Å². The third-order valence-electron chi connectivity index (χ3n) is 6.07. The first-order valence-electron chi connectivity index (χ1n) is 10.7. The van der Waals surface area contributed by atoms with Crippen LogP contribution in [0.5, 0.6) is 0 Å². The Hall–Kier alpha value is -2.42. The minimum atomic E-state index is -3.76. The summed E-state index contributed by atoms with van der Waals surface area (Å²) in [6.45, 7) is 2.65. The second-order valence-corrected chi connectivity index (χ2v) is 10.6. The molecule has 0 saturated carbocycles. The van der Waals surface area contributed by atoms with Gasteiger partial charge in [0.25, 0.3) is 0 Å². The van der Waals surface area contributed by atoms with Gasteiger partial charge in [0.15, 0.2) is 0 Å². The highest BCUT2D eigenvalue weighted by molar-refractivity contribution is 7.89. The summed E-state index contributed by atoms with van der Waals surface area (Å²) in [4.78, 5) is 26.6. The van der Waals surface area contributed by atoms with Gasteiger partial charge in [-0.05, 0) is 61.6 Å². The number of piperidine rings is 1. The number of para-hydroxylation sites is 1. The fourth-order valence-corrected chi connectivity index (χ4v) is 6.14. The number of carbonyl (C=O) groups is 2. The molecule has 1 saturated heterocycles. The molecule has 1 unspecified atom stereocenters. The Morgan fingerprint density at radius 3 is 2.62 bits per heavy atom. The smallest absolute Gasteiger partial charge is 0.243 e. The molecule has 2 heterocycles. The SMILES string of the molecule is CC(=O)N1CCCc2cc(S(=O)(=O)N3CCCC(C(=O)Nc4ccccc4Cl)C3)ccc21. The second-order valence-electron chi connectivity index (χ2n) is 8.24. The molecule has 0 spiro atoms. The van der Waals surface area contributed by atoms with Gasteiger partial charge in [0, 0.05) is 32.2 Å². The molecule has 0 radical (unpaired) electrons. The number of hydrogen-bond acceptors (Lipinski definition) is 4. The molecule has 2 aromatic carbocycles. The van der Waals surface area contributed by atoms with Gasteiger partial charge in [-0.3, -0.25) is 9.59 Å². The molecule has 170 valence electrons. The molecule has 7 nitrogen and oxygen atoms in total. The van der Waals surface area contributed by atoms with Crippen LogP contribution >= 0.6 is 11.6 Å². The lowest BCUT2D eigenvalue weighted by atomic mass is 9.99. The van der Waals surface area contributed by atoms with Gasteiger partial charge < -0.3 is 10.2 Å². The quantitative estimate of drug-likeness (QED) is 0.730. The Bertz CT molecular complexity index is 1150. The topological polar surface area (TPSA) is 86.8 Å². The van der Waals surface area contributed by atoms with Gasteiger partial charge in [-0.25, -0.2) is 8.42 Å². The number of fused-ring (bicyclic) bond motifs is 1. The normalized spacial score (nSPS) is 19.3. The van der Waals surface area contributed by atoms with Gasteiger partial charge in [0.2, 0.25) is 21.8 Å². The minimum absolute atomic E-state index is 0.0510. The Morgan fingerprint density at radius 1 is 1.09 bits per heavy atom. The highest BCUT2D eigenvalue weighted by Gasteiger charge is 2.34. The fraction of sp³-hybridized carbons (Fsp3) is 0.391. The summed E-state index contributed by atoms with van der Waals surface area (Å²) in [6.07, 6.45) is 2.73. The summed E-state index contributed by atoms with van der Waals surface area (Å²) in [7, 11) is -3.76. The lowest BCUT2D eigenvalue weighted by Crippen LogP contribution is -2.43. The van der Waals surface area contributed by atoms with Crippen molar-refractivity contribution < 1.29 is 18.0 Å². The third kappa shape index (κ3) is 4.53. The number of carbonyl (C=O) groups excluding carboxylic acids is 2. The minimum Gasteiger partial charge on any atom is -0.324 e. The van der Waals surface area contributed by atoms with Gasteiger partial charge in [-0.15, -0.1) is 0 Å². The van der Waals surface area contributed by atoms with Gasteiger partial charge in [-0.2, -0.15) is 4.31 Å². The molecule has 2 aliphatic heterocycles. The number of halogens is 1. The first-order valence-corrected chi connectivity index (χ1v) is 12.6. The van der Waals surface area contributed by atoms with Crippen LogP contribution in [-0.4, -0.2) is 44.2 Å². The molecule has 0 aliphatic carbocycles. The zero-order chi connectivity index (χ0) is 22.9. The molecule has 32 heavy (non-hydrogen) atoms.